The van der Waals surface area contributed by atoms with Crippen LogP contribution in [0.5, 0.6) is 0 Å². The zero-order chi connectivity index (χ0) is 20.2. The Morgan fingerprint density at radius 2 is 2.00 bits per heavy atom. The lowest BCUT2D eigenvalue weighted by atomic mass is 10.2. The lowest BCUT2D eigenvalue weighted by Crippen LogP contribution is -2.35. The highest BCUT2D eigenvalue weighted by atomic mass is 32.1. The minimum atomic E-state index is -0.778. The second-order valence-electron chi connectivity index (χ2n) is 6.58. The number of furan rings is 1. The molecule has 0 atom stereocenters. The van der Waals surface area contributed by atoms with Gasteiger partial charge in [0.1, 0.15) is 11.5 Å². The van der Waals surface area contributed by atoms with Crippen molar-refractivity contribution in [3.63, 3.8) is 0 Å². The molecular weight excluding hydrogens is 390 g/mol. The second-order valence-corrected chi connectivity index (χ2v) is 7.53. The fourth-order valence-corrected chi connectivity index (χ4v) is 3.82. The first-order chi connectivity index (χ1) is 14.1. The first kappa shape index (κ1) is 18.9. The number of anilines is 2. The largest absolute Gasteiger partial charge is 0.458 e. The number of nitrogens with zero attached hydrogens (tertiary/aromatic N) is 1. The van der Waals surface area contributed by atoms with Gasteiger partial charge in [-0.05, 0) is 48.2 Å². The molecule has 0 aliphatic carbocycles. The van der Waals surface area contributed by atoms with Crippen LogP contribution in [0, 0.1) is 0 Å². The Kier molecular flexibility index (Phi) is 5.44. The van der Waals surface area contributed by atoms with Crippen LogP contribution in [-0.2, 0) is 20.9 Å². The minimum Gasteiger partial charge on any atom is -0.458 e. The van der Waals surface area contributed by atoms with E-state index in [1.165, 1.54) is 0 Å². The SMILES string of the molecule is O=C(NCc1ccc(-c2cccs2)o1)C(=O)Nc1cccc(N2CCCC2=O)c1. The Labute approximate surface area is 171 Å². The van der Waals surface area contributed by atoms with E-state index < -0.39 is 11.8 Å². The van der Waals surface area contributed by atoms with Crippen molar-refractivity contribution < 1.29 is 18.8 Å². The maximum atomic E-state index is 12.2. The molecule has 1 aliphatic heterocycles. The first-order valence-electron chi connectivity index (χ1n) is 9.22. The molecule has 3 heterocycles. The molecule has 7 nitrogen and oxygen atoms in total. The summed E-state index contributed by atoms with van der Waals surface area (Å²) in [7, 11) is 0. The van der Waals surface area contributed by atoms with Crippen molar-refractivity contribution >= 4 is 40.4 Å². The number of hydrogen-bond donors (Lipinski definition) is 2. The monoisotopic (exact) mass is 409 g/mol. The van der Waals surface area contributed by atoms with Gasteiger partial charge < -0.3 is 20.0 Å². The Morgan fingerprint density at radius 1 is 1.10 bits per heavy atom. The van der Waals surface area contributed by atoms with Crippen LogP contribution in [0.15, 0.2) is 58.3 Å². The molecular formula is C21H19N3O4S. The standard InChI is InChI=1S/C21H19N3O4S/c25-19-7-2-10-24(19)15-5-1-4-14(12-15)23-21(27)20(26)22-13-16-8-9-17(28-16)18-6-3-11-29-18/h1,3-6,8-9,11-12H,2,7,10,13H2,(H,22,26)(H,23,27). The Bertz CT molecular complexity index is 1040. The van der Waals surface area contributed by atoms with E-state index >= 15 is 0 Å². The molecule has 0 radical (unpaired) electrons. The fraction of sp³-hybridized carbons (Fsp3) is 0.190. The lowest BCUT2D eigenvalue weighted by molar-refractivity contribution is -0.136. The fourth-order valence-electron chi connectivity index (χ4n) is 3.13. The van der Waals surface area contributed by atoms with Crippen LogP contribution in [-0.4, -0.2) is 24.3 Å². The molecule has 1 fully saturated rings. The predicted molar refractivity (Wildman–Crippen MR) is 111 cm³/mol. The Hall–Kier alpha value is -3.39. The highest BCUT2D eigenvalue weighted by Crippen LogP contribution is 2.26. The van der Waals surface area contributed by atoms with E-state index in [4.69, 9.17) is 4.42 Å². The van der Waals surface area contributed by atoms with Gasteiger partial charge in [0.25, 0.3) is 0 Å². The predicted octanol–water partition coefficient (Wildman–Crippen LogP) is 3.39. The average Bonchev–Trinajstić information content (AvgIpc) is 3.47. The molecule has 0 unspecified atom stereocenters. The number of carbonyl (C=O) groups is 3. The number of rotatable bonds is 5. The summed E-state index contributed by atoms with van der Waals surface area (Å²) < 4.78 is 5.69. The van der Waals surface area contributed by atoms with Gasteiger partial charge in [-0.25, -0.2) is 0 Å². The van der Waals surface area contributed by atoms with E-state index in [1.54, 1.807) is 46.6 Å². The van der Waals surface area contributed by atoms with Crippen molar-refractivity contribution in [1.29, 1.82) is 0 Å². The van der Waals surface area contributed by atoms with Crippen molar-refractivity contribution in [2.24, 2.45) is 0 Å². The maximum absolute atomic E-state index is 12.2. The van der Waals surface area contributed by atoms with Crippen molar-refractivity contribution in [3.8, 4) is 10.6 Å². The normalized spacial score (nSPS) is 13.5. The Balaban J connectivity index is 1.33. The molecule has 148 valence electrons. The lowest BCUT2D eigenvalue weighted by Gasteiger charge is -2.16. The van der Waals surface area contributed by atoms with E-state index in [9.17, 15) is 14.4 Å². The topological polar surface area (TPSA) is 91.7 Å². The smallest absolute Gasteiger partial charge is 0.313 e. The van der Waals surface area contributed by atoms with E-state index in [-0.39, 0.29) is 12.5 Å². The van der Waals surface area contributed by atoms with Gasteiger partial charge in [0.05, 0.1) is 11.4 Å². The number of nitrogens with one attached hydrogen (secondary N) is 2. The van der Waals surface area contributed by atoms with Crippen molar-refractivity contribution in [3.05, 3.63) is 59.7 Å². The molecule has 0 spiro atoms. The summed E-state index contributed by atoms with van der Waals surface area (Å²) in [6.07, 6.45) is 1.35. The maximum Gasteiger partial charge on any atom is 0.313 e. The van der Waals surface area contributed by atoms with Gasteiger partial charge in [0, 0.05) is 24.3 Å². The van der Waals surface area contributed by atoms with E-state index in [0.717, 1.165) is 17.1 Å². The molecule has 1 saturated heterocycles. The zero-order valence-electron chi connectivity index (χ0n) is 15.5. The molecule has 3 aromatic rings. The molecule has 8 heteroatoms. The van der Waals surface area contributed by atoms with Gasteiger partial charge >= 0.3 is 11.8 Å². The number of carbonyl (C=O) groups excluding carboxylic acids is 3. The van der Waals surface area contributed by atoms with Crippen LogP contribution in [0.4, 0.5) is 11.4 Å². The number of hydrogen-bond acceptors (Lipinski definition) is 5. The highest BCUT2D eigenvalue weighted by molar-refractivity contribution is 7.13. The van der Waals surface area contributed by atoms with Crippen LogP contribution < -0.4 is 15.5 Å². The van der Waals surface area contributed by atoms with Gasteiger partial charge in [-0.3, -0.25) is 14.4 Å². The summed E-state index contributed by atoms with van der Waals surface area (Å²) in [6, 6.07) is 14.4. The van der Waals surface area contributed by atoms with Gasteiger partial charge in [-0.1, -0.05) is 12.1 Å². The minimum absolute atomic E-state index is 0.0617. The summed E-state index contributed by atoms with van der Waals surface area (Å²) in [4.78, 5) is 38.9. The summed E-state index contributed by atoms with van der Waals surface area (Å²) in [5, 5.41) is 7.07. The van der Waals surface area contributed by atoms with Crippen LogP contribution in [0.25, 0.3) is 10.6 Å². The van der Waals surface area contributed by atoms with Gasteiger partial charge in [0.2, 0.25) is 5.91 Å². The third kappa shape index (κ3) is 4.38. The van der Waals surface area contributed by atoms with Gasteiger partial charge in [0.15, 0.2) is 0 Å². The van der Waals surface area contributed by atoms with E-state index in [0.29, 0.717) is 30.1 Å². The number of benzene rings is 1. The summed E-state index contributed by atoms with van der Waals surface area (Å²) in [5.74, 6) is -0.195. The molecule has 2 aromatic heterocycles. The molecule has 3 amide bonds. The van der Waals surface area contributed by atoms with E-state index in [2.05, 4.69) is 10.6 Å². The molecule has 1 aromatic carbocycles. The Morgan fingerprint density at radius 3 is 2.76 bits per heavy atom. The average molecular weight is 409 g/mol. The van der Waals surface area contributed by atoms with Crippen molar-refractivity contribution in [2.45, 2.75) is 19.4 Å². The van der Waals surface area contributed by atoms with Crippen LogP contribution in [0.1, 0.15) is 18.6 Å². The zero-order valence-corrected chi connectivity index (χ0v) is 16.3. The molecule has 29 heavy (non-hydrogen) atoms. The second kappa shape index (κ2) is 8.32. The van der Waals surface area contributed by atoms with Crippen LogP contribution in [0.3, 0.4) is 0 Å². The molecule has 2 N–H and O–H groups in total. The van der Waals surface area contributed by atoms with Crippen LogP contribution in [0.2, 0.25) is 0 Å². The van der Waals surface area contributed by atoms with E-state index in [1.807, 2.05) is 23.6 Å². The van der Waals surface area contributed by atoms with Crippen LogP contribution >= 0.6 is 11.3 Å². The third-order valence-electron chi connectivity index (χ3n) is 4.54. The molecule has 0 saturated carbocycles. The number of amides is 3. The van der Waals surface area contributed by atoms with Crippen molar-refractivity contribution in [2.75, 3.05) is 16.8 Å². The summed E-state index contributed by atoms with van der Waals surface area (Å²) >= 11 is 1.56. The molecule has 0 bridgehead atoms. The number of thiophene rings is 1. The van der Waals surface area contributed by atoms with Gasteiger partial charge in [-0.15, -0.1) is 11.3 Å². The molecule has 1 aliphatic rings. The third-order valence-corrected chi connectivity index (χ3v) is 5.43. The first-order valence-corrected chi connectivity index (χ1v) is 10.1. The summed E-state index contributed by atoms with van der Waals surface area (Å²) in [5.41, 5.74) is 1.17. The van der Waals surface area contributed by atoms with Gasteiger partial charge in [-0.2, -0.15) is 0 Å². The highest BCUT2D eigenvalue weighted by Gasteiger charge is 2.22. The van der Waals surface area contributed by atoms with Crippen molar-refractivity contribution in [1.82, 2.24) is 5.32 Å². The summed E-state index contributed by atoms with van der Waals surface area (Å²) in [6.45, 7) is 0.771. The quantitative estimate of drug-likeness (QED) is 0.632. The molecule has 4 rings (SSSR count).